The van der Waals surface area contributed by atoms with Crippen LogP contribution in [0.15, 0.2) is 0 Å². The first-order chi connectivity index (χ1) is 8.42. The van der Waals surface area contributed by atoms with Gasteiger partial charge in [0, 0.05) is 13.1 Å². The number of nitrogens with two attached hydrogens (primary N) is 1. The predicted molar refractivity (Wildman–Crippen MR) is 75.6 cm³/mol. The van der Waals surface area contributed by atoms with E-state index in [9.17, 15) is 16.8 Å². The van der Waals surface area contributed by atoms with Crippen LogP contribution in [0.25, 0.3) is 0 Å². The summed E-state index contributed by atoms with van der Waals surface area (Å²) in [5.74, 6) is 0.0494. The van der Waals surface area contributed by atoms with E-state index in [0.29, 0.717) is 25.8 Å². The van der Waals surface area contributed by atoms with Crippen molar-refractivity contribution in [1.29, 1.82) is 0 Å². The smallest absolute Gasteiger partial charge is 0.214 e. The molecule has 0 aliphatic carbocycles. The summed E-state index contributed by atoms with van der Waals surface area (Å²) in [5, 5.41) is 4.34. The molecule has 1 fully saturated rings. The van der Waals surface area contributed by atoms with Crippen LogP contribution in [-0.2, 0) is 20.0 Å². The third kappa shape index (κ3) is 5.37. The Morgan fingerprint density at radius 1 is 1.21 bits per heavy atom. The standard InChI is InChI=1S/C11H24N2O4S2/c1-11(2,3)6-8-18(14,15)13-7-4-5-10(9-13)19(12,16)17/h10H,4-9H2,1-3H3,(H2,12,16,17). The Balaban J connectivity index is 2.74. The lowest BCUT2D eigenvalue weighted by molar-refractivity contribution is 0.338. The van der Waals surface area contributed by atoms with Crippen molar-refractivity contribution in [3.8, 4) is 0 Å². The normalized spacial score (nSPS) is 23.5. The first-order valence-corrected chi connectivity index (χ1v) is 9.63. The van der Waals surface area contributed by atoms with Gasteiger partial charge in [-0.1, -0.05) is 20.8 Å². The molecule has 1 atom stereocenters. The first kappa shape index (κ1) is 16.9. The van der Waals surface area contributed by atoms with Gasteiger partial charge in [-0.3, -0.25) is 0 Å². The third-order valence-electron chi connectivity index (χ3n) is 3.31. The Hall–Kier alpha value is -0.180. The summed E-state index contributed by atoms with van der Waals surface area (Å²) < 4.78 is 48.3. The van der Waals surface area contributed by atoms with Crippen LogP contribution in [0.2, 0.25) is 0 Å². The van der Waals surface area contributed by atoms with Gasteiger partial charge in [0.25, 0.3) is 0 Å². The average Bonchev–Trinajstić information content (AvgIpc) is 2.25. The summed E-state index contributed by atoms with van der Waals surface area (Å²) in [6, 6.07) is 0. The highest BCUT2D eigenvalue weighted by Crippen LogP contribution is 2.23. The summed E-state index contributed by atoms with van der Waals surface area (Å²) in [4.78, 5) is 0. The van der Waals surface area contributed by atoms with Gasteiger partial charge in [0.1, 0.15) is 0 Å². The molecule has 1 aliphatic rings. The minimum Gasteiger partial charge on any atom is -0.228 e. The van der Waals surface area contributed by atoms with Crippen LogP contribution < -0.4 is 5.14 Å². The molecule has 1 saturated heterocycles. The number of rotatable bonds is 4. The van der Waals surface area contributed by atoms with Crippen LogP contribution >= 0.6 is 0 Å². The highest BCUT2D eigenvalue weighted by atomic mass is 32.2. The zero-order chi connectivity index (χ0) is 14.9. The van der Waals surface area contributed by atoms with E-state index < -0.39 is 25.3 Å². The number of hydrogen-bond donors (Lipinski definition) is 1. The van der Waals surface area contributed by atoms with Crippen LogP contribution in [0, 0.1) is 5.41 Å². The highest BCUT2D eigenvalue weighted by molar-refractivity contribution is 7.90. The topological polar surface area (TPSA) is 97.5 Å². The third-order valence-corrected chi connectivity index (χ3v) is 6.46. The van der Waals surface area contributed by atoms with E-state index in [1.165, 1.54) is 4.31 Å². The quantitative estimate of drug-likeness (QED) is 0.817. The SMILES string of the molecule is CC(C)(C)CCS(=O)(=O)N1CCCC(S(N)(=O)=O)C1. The number of sulfonamides is 2. The van der Waals surface area contributed by atoms with Crippen molar-refractivity contribution in [1.82, 2.24) is 4.31 Å². The molecule has 0 aromatic carbocycles. The fourth-order valence-corrected chi connectivity index (χ4v) is 4.91. The number of nitrogens with zero attached hydrogens (tertiary/aromatic N) is 1. The van der Waals surface area contributed by atoms with Crippen molar-refractivity contribution in [3.05, 3.63) is 0 Å². The molecule has 0 radical (unpaired) electrons. The van der Waals surface area contributed by atoms with Gasteiger partial charge in [0.15, 0.2) is 0 Å². The minimum absolute atomic E-state index is 0.00862. The minimum atomic E-state index is -3.67. The lowest BCUT2D eigenvalue weighted by Crippen LogP contribution is -2.47. The molecule has 0 aromatic rings. The second kappa shape index (κ2) is 5.67. The molecule has 1 unspecified atom stereocenters. The molecule has 0 saturated carbocycles. The fourth-order valence-electron chi connectivity index (χ4n) is 1.99. The van der Waals surface area contributed by atoms with Crippen molar-refractivity contribution in [2.24, 2.45) is 10.6 Å². The molecule has 2 N–H and O–H groups in total. The van der Waals surface area contributed by atoms with Gasteiger partial charge in [-0.25, -0.2) is 26.3 Å². The van der Waals surface area contributed by atoms with Gasteiger partial charge >= 0.3 is 0 Å². The van der Waals surface area contributed by atoms with E-state index in [1.54, 1.807) is 0 Å². The first-order valence-electron chi connectivity index (χ1n) is 6.41. The van der Waals surface area contributed by atoms with Crippen LogP contribution in [0.3, 0.4) is 0 Å². The lowest BCUT2D eigenvalue weighted by Gasteiger charge is -2.31. The zero-order valence-electron chi connectivity index (χ0n) is 11.8. The molecule has 6 nitrogen and oxygen atoms in total. The predicted octanol–water partition coefficient (Wildman–Crippen LogP) is 0.505. The Kier molecular flexibility index (Phi) is 5.03. The van der Waals surface area contributed by atoms with E-state index >= 15 is 0 Å². The maximum Gasteiger partial charge on any atom is 0.214 e. The number of piperidine rings is 1. The van der Waals surface area contributed by atoms with Gasteiger partial charge in [0.05, 0.1) is 11.0 Å². The zero-order valence-corrected chi connectivity index (χ0v) is 13.4. The molecule has 8 heteroatoms. The van der Waals surface area contributed by atoms with Crippen LogP contribution in [0.1, 0.15) is 40.0 Å². The molecule has 0 aromatic heterocycles. The van der Waals surface area contributed by atoms with Gasteiger partial charge in [-0.15, -0.1) is 0 Å². The Labute approximate surface area is 116 Å². The lowest BCUT2D eigenvalue weighted by atomic mass is 9.94. The van der Waals surface area contributed by atoms with Crippen LogP contribution in [0.4, 0.5) is 0 Å². The van der Waals surface area contributed by atoms with Gasteiger partial charge in [-0.2, -0.15) is 0 Å². The maximum absolute atomic E-state index is 12.2. The van der Waals surface area contributed by atoms with E-state index in [-0.39, 0.29) is 17.7 Å². The second-order valence-corrected chi connectivity index (χ2v) is 10.3. The molecule has 1 aliphatic heterocycles. The monoisotopic (exact) mass is 312 g/mol. The molecule has 0 spiro atoms. The fraction of sp³-hybridized carbons (Fsp3) is 1.00. The largest absolute Gasteiger partial charge is 0.228 e. The van der Waals surface area contributed by atoms with Crippen LogP contribution in [0.5, 0.6) is 0 Å². The van der Waals surface area contributed by atoms with Crippen molar-refractivity contribution in [3.63, 3.8) is 0 Å². The molecule has 1 heterocycles. The highest BCUT2D eigenvalue weighted by Gasteiger charge is 2.34. The summed E-state index contributed by atoms with van der Waals surface area (Å²) in [6.07, 6.45) is 1.52. The molecule has 1 rings (SSSR count). The van der Waals surface area contributed by atoms with E-state index in [4.69, 9.17) is 5.14 Å². The molecule has 0 amide bonds. The van der Waals surface area contributed by atoms with E-state index in [0.717, 1.165) is 0 Å². The summed E-state index contributed by atoms with van der Waals surface area (Å²) >= 11 is 0. The molecular weight excluding hydrogens is 288 g/mol. The Morgan fingerprint density at radius 3 is 2.26 bits per heavy atom. The average molecular weight is 312 g/mol. The molecular formula is C11H24N2O4S2. The molecule has 19 heavy (non-hydrogen) atoms. The number of primary sulfonamides is 1. The summed E-state index contributed by atoms with van der Waals surface area (Å²) in [6.45, 7) is 6.31. The second-order valence-electron chi connectivity index (χ2n) is 6.34. The van der Waals surface area contributed by atoms with E-state index in [1.807, 2.05) is 20.8 Å². The van der Waals surface area contributed by atoms with Crippen molar-refractivity contribution >= 4 is 20.0 Å². The summed E-state index contributed by atoms with van der Waals surface area (Å²) in [7, 11) is -7.06. The van der Waals surface area contributed by atoms with Crippen LogP contribution in [-0.4, -0.2) is 45.2 Å². The van der Waals surface area contributed by atoms with Crippen molar-refractivity contribution in [2.75, 3.05) is 18.8 Å². The summed E-state index contributed by atoms with van der Waals surface area (Å²) in [5.41, 5.74) is -0.0673. The Bertz CT molecular complexity index is 505. The van der Waals surface area contributed by atoms with Crippen molar-refractivity contribution in [2.45, 2.75) is 45.3 Å². The van der Waals surface area contributed by atoms with E-state index in [2.05, 4.69) is 0 Å². The van der Waals surface area contributed by atoms with Gasteiger partial charge < -0.3 is 0 Å². The molecule has 0 bridgehead atoms. The van der Waals surface area contributed by atoms with Gasteiger partial charge in [0.2, 0.25) is 20.0 Å². The number of hydrogen-bond acceptors (Lipinski definition) is 4. The maximum atomic E-state index is 12.2. The molecule has 114 valence electrons. The Morgan fingerprint density at radius 2 is 1.79 bits per heavy atom. The van der Waals surface area contributed by atoms with Gasteiger partial charge in [-0.05, 0) is 24.7 Å². The van der Waals surface area contributed by atoms with Crippen molar-refractivity contribution < 1.29 is 16.8 Å².